The monoisotopic (exact) mass is 220 g/mol. The zero-order valence-corrected chi connectivity index (χ0v) is 8.58. The zero-order chi connectivity index (χ0) is 10.7. The lowest BCUT2D eigenvalue weighted by molar-refractivity contribution is -0.153. The summed E-state index contributed by atoms with van der Waals surface area (Å²) in [5.74, 6) is -0.963. The molecule has 0 fully saturated rings. The molecule has 0 aliphatic carbocycles. The van der Waals surface area contributed by atoms with Crippen LogP contribution in [0.25, 0.3) is 0 Å². The molecule has 1 aromatic rings. The van der Waals surface area contributed by atoms with Gasteiger partial charge in [-0.15, -0.1) is 0 Å². The summed E-state index contributed by atoms with van der Waals surface area (Å²) in [6.45, 7) is 3.31. The number of esters is 1. The Morgan fingerprint density at radius 2 is 2.50 bits per heavy atom. The van der Waals surface area contributed by atoms with E-state index in [9.17, 15) is 9.18 Å². The Hall–Kier alpha value is -1.10. The van der Waals surface area contributed by atoms with Gasteiger partial charge in [0.1, 0.15) is 0 Å². The fourth-order valence-corrected chi connectivity index (χ4v) is 1.07. The van der Waals surface area contributed by atoms with Crippen molar-refractivity contribution in [3.05, 3.63) is 16.9 Å². The standard InChI is InChI=1S/C8H10ClFN2O2/c1-3-14-8(13)7(10)12-5(2)6(9)4-11-12/h4,7H,3H2,1-2H3. The van der Waals surface area contributed by atoms with E-state index in [0.29, 0.717) is 10.7 Å². The van der Waals surface area contributed by atoms with E-state index in [1.807, 2.05) is 0 Å². The van der Waals surface area contributed by atoms with Gasteiger partial charge in [-0.2, -0.15) is 5.10 Å². The summed E-state index contributed by atoms with van der Waals surface area (Å²) >= 11 is 5.65. The van der Waals surface area contributed by atoms with Gasteiger partial charge in [-0.1, -0.05) is 11.6 Å². The maximum Gasteiger partial charge on any atom is 0.363 e. The molecule has 0 aliphatic rings. The van der Waals surface area contributed by atoms with E-state index >= 15 is 0 Å². The number of aromatic nitrogens is 2. The van der Waals surface area contributed by atoms with Gasteiger partial charge >= 0.3 is 5.97 Å². The van der Waals surface area contributed by atoms with E-state index < -0.39 is 12.3 Å². The van der Waals surface area contributed by atoms with Crippen LogP contribution < -0.4 is 0 Å². The van der Waals surface area contributed by atoms with Crippen molar-refractivity contribution >= 4 is 17.6 Å². The molecule has 0 N–H and O–H groups in total. The number of carbonyl (C=O) groups is 1. The SMILES string of the molecule is CCOC(=O)C(F)n1ncc(Cl)c1C. The summed E-state index contributed by atoms with van der Waals surface area (Å²) in [7, 11) is 0. The summed E-state index contributed by atoms with van der Waals surface area (Å²) in [6, 6.07) is 0. The van der Waals surface area contributed by atoms with Gasteiger partial charge in [-0.05, 0) is 13.8 Å². The minimum Gasteiger partial charge on any atom is -0.462 e. The highest BCUT2D eigenvalue weighted by Crippen LogP contribution is 2.19. The van der Waals surface area contributed by atoms with E-state index in [1.54, 1.807) is 13.8 Å². The molecule has 1 atom stereocenters. The third-order valence-corrected chi connectivity index (χ3v) is 2.05. The number of alkyl halides is 1. The maximum absolute atomic E-state index is 13.4. The van der Waals surface area contributed by atoms with Crippen LogP contribution in [0.2, 0.25) is 5.02 Å². The summed E-state index contributed by atoms with van der Waals surface area (Å²) in [5, 5.41) is 3.94. The Morgan fingerprint density at radius 1 is 1.86 bits per heavy atom. The topological polar surface area (TPSA) is 44.1 Å². The van der Waals surface area contributed by atoms with Gasteiger partial charge < -0.3 is 4.74 Å². The minimum absolute atomic E-state index is 0.132. The van der Waals surface area contributed by atoms with Crippen molar-refractivity contribution in [2.24, 2.45) is 0 Å². The van der Waals surface area contributed by atoms with Gasteiger partial charge in [0.15, 0.2) is 0 Å². The molecule has 1 rings (SSSR count). The zero-order valence-electron chi connectivity index (χ0n) is 7.83. The quantitative estimate of drug-likeness (QED) is 0.731. The first-order valence-corrected chi connectivity index (χ1v) is 4.46. The van der Waals surface area contributed by atoms with Gasteiger partial charge in [-0.3, -0.25) is 0 Å². The molecular weight excluding hydrogens is 211 g/mol. The molecule has 1 heterocycles. The molecule has 0 amide bonds. The van der Waals surface area contributed by atoms with Crippen LogP contribution in [-0.4, -0.2) is 22.4 Å². The molecule has 0 spiro atoms. The van der Waals surface area contributed by atoms with Gasteiger partial charge in [0.2, 0.25) is 0 Å². The lowest BCUT2D eigenvalue weighted by Crippen LogP contribution is -2.19. The second-order valence-electron chi connectivity index (χ2n) is 2.61. The first-order valence-electron chi connectivity index (χ1n) is 4.08. The van der Waals surface area contributed by atoms with Crippen LogP contribution in [0.5, 0.6) is 0 Å². The average Bonchev–Trinajstić information content (AvgIpc) is 2.47. The minimum atomic E-state index is -1.93. The first kappa shape index (κ1) is 11.0. The van der Waals surface area contributed by atoms with Crippen LogP contribution in [0.1, 0.15) is 18.9 Å². The maximum atomic E-state index is 13.4. The molecule has 1 unspecified atom stereocenters. The summed E-state index contributed by atoms with van der Waals surface area (Å²) in [5.41, 5.74) is 0.396. The summed E-state index contributed by atoms with van der Waals surface area (Å²) in [4.78, 5) is 11.0. The van der Waals surface area contributed by atoms with Crippen molar-refractivity contribution in [3.63, 3.8) is 0 Å². The van der Waals surface area contributed by atoms with Crippen LogP contribution in [0.4, 0.5) is 4.39 Å². The van der Waals surface area contributed by atoms with Crippen molar-refractivity contribution in [2.45, 2.75) is 20.1 Å². The summed E-state index contributed by atoms with van der Waals surface area (Å²) < 4.78 is 18.8. The van der Waals surface area contributed by atoms with Gasteiger partial charge in [-0.25, -0.2) is 13.9 Å². The molecule has 1 aromatic heterocycles. The predicted octanol–water partition coefficient (Wildman–Crippen LogP) is 1.88. The average molecular weight is 221 g/mol. The fraction of sp³-hybridized carbons (Fsp3) is 0.500. The highest BCUT2D eigenvalue weighted by molar-refractivity contribution is 6.31. The Bertz CT molecular complexity index is 340. The lowest BCUT2D eigenvalue weighted by atomic mass is 10.4. The Kier molecular flexibility index (Phi) is 3.46. The third kappa shape index (κ3) is 2.04. The molecule has 78 valence electrons. The molecule has 4 nitrogen and oxygen atoms in total. The van der Waals surface area contributed by atoms with Gasteiger partial charge in [0.05, 0.1) is 23.5 Å². The van der Waals surface area contributed by atoms with Crippen LogP contribution in [-0.2, 0) is 9.53 Å². The molecule has 0 saturated carbocycles. The number of halogens is 2. The van der Waals surface area contributed by atoms with Crippen molar-refractivity contribution in [1.82, 2.24) is 9.78 Å². The second kappa shape index (κ2) is 4.41. The molecule has 6 heteroatoms. The number of ether oxygens (including phenoxy) is 1. The molecule has 0 saturated heterocycles. The molecule has 14 heavy (non-hydrogen) atoms. The predicted molar refractivity (Wildman–Crippen MR) is 48.8 cm³/mol. The number of hydrogen-bond acceptors (Lipinski definition) is 3. The highest BCUT2D eigenvalue weighted by Gasteiger charge is 2.23. The van der Waals surface area contributed by atoms with Crippen molar-refractivity contribution in [3.8, 4) is 0 Å². The summed E-state index contributed by atoms with van der Waals surface area (Å²) in [6.07, 6.45) is -0.648. The lowest BCUT2D eigenvalue weighted by Gasteiger charge is -2.09. The van der Waals surface area contributed by atoms with Crippen molar-refractivity contribution in [2.75, 3.05) is 6.61 Å². The van der Waals surface area contributed by atoms with Gasteiger partial charge in [0, 0.05) is 0 Å². The largest absolute Gasteiger partial charge is 0.462 e. The fourth-order valence-electron chi connectivity index (χ4n) is 0.942. The van der Waals surface area contributed by atoms with Crippen LogP contribution in [0.15, 0.2) is 6.20 Å². The second-order valence-corrected chi connectivity index (χ2v) is 3.02. The third-order valence-electron chi connectivity index (χ3n) is 1.68. The Morgan fingerprint density at radius 3 is 2.93 bits per heavy atom. The van der Waals surface area contributed by atoms with Gasteiger partial charge in [0.25, 0.3) is 6.30 Å². The normalized spacial score (nSPS) is 12.6. The Labute approximate surface area is 85.6 Å². The van der Waals surface area contributed by atoms with E-state index in [-0.39, 0.29) is 6.61 Å². The van der Waals surface area contributed by atoms with E-state index in [0.717, 1.165) is 4.68 Å². The number of carbonyl (C=O) groups excluding carboxylic acids is 1. The molecule has 0 aromatic carbocycles. The molecule has 0 aliphatic heterocycles. The number of nitrogens with zero attached hydrogens (tertiary/aromatic N) is 2. The first-order chi connectivity index (χ1) is 6.57. The van der Waals surface area contributed by atoms with Crippen LogP contribution in [0.3, 0.4) is 0 Å². The van der Waals surface area contributed by atoms with E-state index in [4.69, 9.17) is 11.6 Å². The van der Waals surface area contributed by atoms with Crippen molar-refractivity contribution < 1.29 is 13.9 Å². The number of hydrogen-bond donors (Lipinski definition) is 0. The van der Waals surface area contributed by atoms with Crippen molar-refractivity contribution in [1.29, 1.82) is 0 Å². The molecular formula is C8H10ClFN2O2. The molecule has 0 radical (unpaired) electrons. The van der Waals surface area contributed by atoms with Crippen LogP contribution >= 0.6 is 11.6 Å². The molecule has 0 bridgehead atoms. The number of rotatable bonds is 3. The van der Waals surface area contributed by atoms with E-state index in [1.165, 1.54) is 6.20 Å². The van der Waals surface area contributed by atoms with Crippen LogP contribution in [0, 0.1) is 6.92 Å². The highest BCUT2D eigenvalue weighted by atomic mass is 35.5. The van der Waals surface area contributed by atoms with E-state index in [2.05, 4.69) is 9.84 Å². The Balaban J connectivity index is 2.83. The smallest absolute Gasteiger partial charge is 0.363 e.